The average molecular weight is 385 g/mol. The second-order valence-electron chi connectivity index (χ2n) is 7.42. The largest absolute Gasteiger partial charge is 0.378 e. The number of carbonyl (C=O) groups is 1. The number of anilines is 1. The van der Waals surface area contributed by atoms with Crippen LogP contribution in [0.3, 0.4) is 0 Å². The van der Waals surface area contributed by atoms with Crippen molar-refractivity contribution < 1.29 is 4.79 Å². The Bertz CT molecular complexity index is 1180. The predicted molar refractivity (Wildman–Crippen MR) is 117 cm³/mol. The number of nitrogens with zero attached hydrogens (tertiary/aromatic N) is 4. The van der Waals surface area contributed by atoms with E-state index < -0.39 is 0 Å². The van der Waals surface area contributed by atoms with Gasteiger partial charge in [0, 0.05) is 62.2 Å². The van der Waals surface area contributed by atoms with Gasteiger partial charge in [-0.1, -0.05) is 24.3 Å². The van der Waals surface area contributed by atoms with Gasteiger partial charge in [-0.3, -0.25) is 9.89 Å². The van der Waals surface area contributed by atoms with Crippen molar-refractivity contribution in [3.8, 4) is 22.4 Å². The molecule has 0 aliphatic rings. The molecule has 146 valence electrons. The topological polar surface area (TPSA) is 65.1 Å². The van der Waals surface area contributed by atoms with E-state index in [1.807, 2.05) is 38.4 Å². The summed E-state index contributed by atoms with van der Waals surface area (Å²) >= 11 is 0. The monoisotopic (exact) mass is 385 g/mol. The summed E-state index contributed by atoms with van der Waals surface area (Å²) in [6, 6.07) is 18.0. The lowest BCUT2D eigenvalue weighted by Crippen LogP contribution is -2.21. The zero-order valence-electron chi connectivity index (χ0n) is 17.0. The van der Waals surface area contributed by atoms with E-state index >= 15 is 0 Å². The highest BCUT2D eigenvalue weighted by Gasteiger charge is 2.13. The number of rotatable bonds is 4. The van der Waals surface area contributed by atoms with E-state index in [0.717, 1.165) is 33.5 Å². The number of hydrogen-bond acceptors (Lipinski definition) is 4. The Morgan fingerprint density at radius 1 is 0.897 bits per heavy atom. The summed E-state index contributed by atoms with van der Waals surface area (Å²) < 4.78 is 0. The first-order valence-electron chi connectivity index (χ1n) is 9.38. The molecule has 0 spiro atoms. The summed E-state index contributed by atoms with van der Waals surface area (Å²) in [4.78, 5) is 20.5. The Kier molecular flexibility index (Phi) is 4.76. The minimum Gasteiger partial charge on any atom is -0.378 e. The van der Waals surface area contributed by atoms with Crippen LogP contribution in [-0.4, -0.2) is 54.2 Å². The standard InChI is InChI=1S/C23H23N5O/c1-27(2)19-10-8-15(9-11-19)21-20-13-18(14-24-22(20)26-25-21)16-6-5-7-17(12-16)23(29)28(3)4/h5-14H,1-4H3,(H,24,25,26). The first kappa shape index (κ1) is 18.7. The summed E-state index contributed by atoms with van der Waals surface area (Å²) in [7, 11) is 7.54. The zero-order valence-corrected chi connectivity index (χ0v) is 17.0. The number of fused-ring (bicyclic) bond motifs is 1. The summed E-state index contributed by atoms with van der Waals surface area (Å²) in [6.45, 7) is 0. The third-order valence-corrected chi connectivity index (χ3v) is 4.93. The molecule has 6 nitrogen and oxygen atoms in total. The molecule has 0 saturated heterocycles. The number of aromatic nitrogens is 3. The molecular weight excluding hydrogens is 362 g/mol. The van der Waals surface area contributed by atoms with Gasteiger partial charge in [0.15, 0.2) is 5.65 Å². The fraction of sp³-hybridized carbons (Fsp3) is 0.174. The summed E-state index contributed by atoms with van der Waals surface area (Å²) in [5, 5.41) is 8.41. The van der Waals surface area contributed by atoms with E-state index in [2.05, 4.69) is 50.4 Å². The van der Waals surface area contributed by atoms with E-state index in [1.165, 1.54) is 0 Å². The Labute approximate surface area is 169 Å². The summed E-state index contributed by atoms with van der Waals surface area (Å²) in [6.07, 6.45) is 1.79. The minimum absolute atomic E-state index is 0.0223. The molecule has 4 rings (SSSR count). The number of hydrogen-bond donors (Lipinski definition) is 1. The number of aromatic amines is 1. The van der Waals surface area contributed by atoms with Crippen LogP contribution < -0.4 is 4.90 Å². The second-order valence-corrected chi connectivity index (χ2v) is 7.42. The molecule has 1 amide bonds. The maximum Gasteiger partial charge on any atom is 0.253 e. The smallest absolute Gasteiger partial charge is 0.253 e. The molecule has 0 aliphatic heterocycles. The lowest BCUT2D eigenvalue weighted by Gasteiger charge is -2.12. The fourth-order valence-corrected chi connectivity index (χ4v) is 3.29. The molecule has 0 saturated carbocycles. The predicted octanol–water partition coefficient (Wildman–Crippen LogP) is 4.06. The van der Waals surface area contributed by atoms with Gasteiger partial charge < -0.3 is 9.80 Å². The van der Waals surface area contributed by atoms with Gasteiger partial charge in [-0.15, -0.1) is 0 Å². The van der Waals surface area contributed by atoms with Crippen molar-refractivity contribution in [1.82, 2.24) is 20.1 Å². The highest BCUT2D eigenvalue weighted by atomic mass is 16.2. The van der Waals surface area contributed by atoms with E-state index in [9.17, 15) is 4.79 Å². The molecule has 0 unspecified atom stereocenters. The van der Waals surface area contributed by atoms with Crippen molar-refractivity contribution in [3.05, 3.63) is 66.4 Å². The van der Waals surface area contributed by atoms with Gasteiger partial charge in [0.25, 0.3) is 5.91 Å². The van der Waals surface area contributed by atoms with E-state index in [4.69, 9.17) is 0 Å². The highest BCUT2D eigenvalue weighted by Crippen LogP contribution is 2.30. The molecule has 2 aromatic carbocycles. The van der Waals surface area contributed by atoms with Gasteiger partial charge >= 0.3 is 0 Å². The third kappa shape index (κ3) is 3.57. The normalized spacial score (nSPS) is 10.9. The van der Waals surface area contributed by atoms with Crippen LogP contribution >= 0.6 is 0 Å². The number of benzene rings is 2. The molecule has 0 aliphatic carbocycles. The van der Waals surface area contributed by atoms with E-state index in [0.29, 0.717) is 11.2 Å². The first-order chi connectivity index (χ1) is 13.9. The van der Waals surface area contributed by atoms with Crippen LogP contribution in [-0.2, 0) is 0 Å². The van der Waals surface area contributed by atoms with Gasteiger partial charge in [0.05, 0.1) is 5.69 Å². The minimum atomic E-state index is -0.0223. The number of H-pyrrole nitrogens is 1. The Hall–Kier alpha value is -3.67. The Morgan fingerprint density at radius 3 is 2.34 bits per heavy atom. The molecule has 0 bridgehead atoms. The van der Waals surface area contributed by atoms with Crippen molar-refractivity contribution in [3.63, 3.8) is 0 Å². The molecule has 1 N–H and O–H groups in total. The summed E-state index contributed by atoms with van der Waals surface area (Å²) in [5.74, 6) is -0.0223. The third-order valence-electron chi connectivity index (χ3n) is 4.93. The molecule has 6 heteroatoms. The SMILES string of the molecule is CN(C)C(=O)c1cccc(-c2cnc3n[nH]c(-c4ccc(N(C)C)cc4)c3c2)c1. The van der Waals surface area contributed by atoms with Crippen molar-refractivity contribution in [2.24, 2.45) is 0 Å². The lowest BCUT2D eigenvalue weighted by molar-refractivity contribution is 0.0827. The van der Waals surface area contributed by atoms with Crippen LogP contribution in [0, 0.1) is 0 Å². The van der Waals surface area contributed by atoms with Crippen LogP contribution in [0.15, 0.2) is 60.8 Å². The molecule has 0 radical (unpaired) electrons. The van der Waals surface area contributed by atoms with Gasteiger partial charge in [-0.25, -0.2) is 4.98 Å². The number of pyridine rings is 1. The summed E-state index contributed by atoms with van der Waals surface area (Å²) in [5.41, 5.74) is 6.33. The van der Waals surface area contributed by atoms with E-state index in [-0.39, 0.29) is 5.91 Å². The van der Waals surface area contributed by atoms with Crippen LogP contribution in [0.2, 0.25) is 0 Å². The first-order valence-corrected chi connectivity index (χ1v) is 9.38. The maximum atomic E-state index is 12.3. The van der Waals surface area contributed by atoms with Crippen molar-refractivity contribution >= 4 is 22.6 Å². The molecule has 2 heterocycles. The quantitative estimate of drug-likeness (QED) is 0.575. The van der Waals surface area contributed by atoms with Gasteiger partial charge in [-0.2, -0.15) is 5.10 Å². The van der Waals surface area contributed by atoms with Crippen molar-refractivity contribution in [1.29, 1.82) is 0 Å². The highest BCUT2D eigenvalue weighted by molar-refractivity contribution is 5.96. The Morgan fingerprint density at radius 2 is 1.66 bits per heavy atom. The lowest BCUT2D eigenvalue weighted by atomic mass is 10.0. The molecule has 0 atom stereocenters. The molecule has 29 heavy (non-hydrogen) atoms. The van der Waals surface area contributed by atoms with Crippen molar-refractivity contribution in [2.75, 3.05) is 33.1 Å². The molecular formula is C23H23N5O. The van der Waals surface area contributed by atoms with Crippen molar-refractivity contribution in [2.45, 2.75) is 0 Å². The number of nitrogens with one attached hydrogen (secondary N) is 1. The van der Waals surface area contributed by atoms with Gasteiger partial charge in [-0.05, 0) is 35.9 Å². The Balaban J connectivity index is 1.76. The van der Waals surface area contributed by atoms with Gasteiger partial charge in [0.2, 0.25) is 0 Å². The molecule has 4 aromatic rings. The zero-order chi connectivity index (χ0) is 20.5. The van der Waals surface area contributed by atoms with Crippen LogP contribution in [0.4, 0.5) is 5.69 Å². The van der Waals surface area contributed by atoms with Crippen LogP contribution in [0.5, 0.6) is 0 Å². The van der Waals surface area contributed by atoms with E-state index in [1.54, 1.807) is 25.2 Å². The average Bonchev–Trinajstić information content (AvgIpc) is 3.16. The maximum absolute atomic E-state index is 12.3. The number of carbonyl (C=O) groups excluding carboxylic acids is 1. The number of amides is 1. The van der Waals surface area contributed by atoms with Crippen LogP contribution in [0.25, 0.3) is 33.4 Å². The fourth-order valence-electron chi connectivity index (χ4n) is 3.29. The second kappa shape index (κ2) is 7.39. The van der Waals surface area contributed by atoms with Crippen LogP contribution in [0.1, 0.15) is 10.4 Å². The molecule has 2 aromatic heterocycles. The van der Waals surface area contributed by atoms with Gasteiger partial charge in [0.1, 0.15) is 0 Å². The molecule has 0 fully saturated rings.